The van der Waals surface area contributed by atoms with Gasteiger partial charge in [-0.15, -0.1) is 0 Å². The average Bonchev–Trinajstić information content (AvgIpc) is 2.71. The van der Waals surface area contributed by atoms with E-state index in [0.29, 0.717) is 6.54 Å². The van der Waals surface area contributed by atoms with Crippen molar-refractivity contribution in [1.82, 2.24) is 5.32 Å². The summed E-state index contributed by atoms with van der Waals surface area (Å²) >= 11 is 0. The molecule has 0 aromatic heterocycles. The number of rotatable bonds is 5. The lowest BCUT2D eigenvalue weighted by atomic mass is 10.1. The van der Waals surface area contributed by atoms with Crippen molar-refractivity contribution in [2.45, 2.75) is 32.0 Å². The predicted molar refractivity (Wildman–Crippen MR) is 63.7 cm³/mol. The summed E-state index contributed by atoms with van der Waals surface area (Å²) in [5, 5.41) is 12.6. The van der Waals surface area contributed by atoms with E-state index in [-0.39, 0.29) is 12.2 Å². The number of aliphatic hydroxyl groups excluding tert-OH is 1. The zero-order valence-electron chi connectivity index (χ0n) is 9.65. The molecule has 2 unspecified atom stereocenters. The molecule has 0 saturated heterocycles. The second-order valence-corrected chi connectivity index (χ2v) is 4.27. The minimum atomic E-state index is -0.247. The molecular weight excluding hydrogens is 202 g/mol. The molecule has 2 N–H and O–H groups in total. The molecule has 0 fully saturated rings. The van der Waals surface area contributed by atoms with Gasteiger partial charge in [0.2, 0.25) is 0 Å². The van der Waals surface area contributed by atoms with Crippen LogP contribution < -0.4 is 10.1 Å². The van der Waals surface area contributed by atoms with E-state index in [0.717, 1.165) is 25.1 Å². The Bertz CT molecular complexity index is 315. The number of ether oxygens (including phenoxy) is 1. The van der Waals surface area contributed by atoms with E-state index in [2.05, 4.69) is 11.4 Å². The van der Waals surface area contributed by atoms with Crippen molar-refractivity contribution in [2.24, 2.45) is 0 Å². The summed E-state index contributed by atoms with van der Waals surface area (Å²) in [5.74, 6) is 1.00. The Labute approximate surface area is 96.4 Å². The molecular formula is C13H19NO2. The van der Waals surface area contributed by atoms with Crippen molar-refractivity contribution in [3.63, 3.8) is 0 Å². The Balaban J connectivity index is 1.75. The smallest absolute Gasteiger partial charge is 0.123 e. The van der Waals surface area contributed by atoms with Gasteiger partial charge in [-0.3, -0.25) is 0 Å². The molecule has 16 heavy (non-hydrogen) atoms. The number of nitrogens with one attached hydrogen (secondary N) is 1. The molecule has 1 heterocycles. The molecule has 1 aliphatic heterocycles. The van der Waals surface area contributed by atoms with E-state index in [1.165, 1.54) is 5.56 Å². The fourth-order valence-corrected chi connectivity index (χ4v) is 1.92. The molecule has 0 spiro atoms. The molecule has 3 nitrogen and oxygen atoms in total. The van der Waals surface area contributed by atoms with Crippen LogP contribution in [0.1, 0.15) is 18.9 Å². The Morgan fingerprint density at radius 1 is 1.50 bits per heavy atom. The Morgan fingerprint density at radius 3 is 3.06 bits per heavy atom. The minimum Gasteiger partial charge on any atom is -0.488 e. The van der Waals surface area contributed by atoms with E-state index >= 15 is 0 Å². The summed E-state index contributed by atoms with van der Waals surface area (Å²) in [5.41, 5.74) is 1.28. The summed E-state index contributed by atoms with van der Waals surface area (Å²) in [6.07, 6.45) is 1.72. The molecule has 1 aromatic carbocycles. The molecule has 0 aliphatic carbocycles. The van der Waals surface area contributed by atoms with Crippen LogP contribution in [0, 0.1) is 0 Å². The fourth-order valence-electron chi connectivity index (χ4n) is 1.92. The van der Waals surface area contributed by atoms with Crippen LogP contribution in [0.2, 0.25) is 0 Å². The van der Waals surface area contributed by atoms with Crippen LogP contribution in [-0.4, -0.2) is 30.4 Å². The van der Waals surface area contributed by atoms with Gasteiger partial charge in [0.15, 0.2) is 0 Å². The van der Waals surface area contributed by atoms with Crippen molar-refractivity contribution in [1.29, 1.82) is 0 Å². The topological polar surface area (TPSA) is 41.5 Å². The van der Waals surface area contributed by atoms with Gasteiger partial charge in [-0.25, -0.2) is 0 Å². The first-order valence-electron chi connectivity index (χ1n) is 5.93. The maximum absolute atomic E-state index is 9.40. The summed E-state index contributed by atoms with van der Waals surface area (Å²) in [4.78, 5) is 0. The van der Waals surface area contributed by atoms with Crippen LogP contribution in [0.5, 0.6) is 5.75 Å². The fraction of sp³-hybridized carbons (Fsp3) is 0.538. The van der Waals surface area contributed by atoms with Crippen LogP contribution in [0.15, 0.2) is 24.3 Å². The molecule has 1 aliphatic rings. The average molecular weight is 221 g/mol. The molecule has 0 radical (unpaired) electrons. The largest absolute Gasteiger partial charge is 0.488 e. The van der Waals surface area contributed by atoms with Crippen LogP contribution >= 0.6 is 0 Å². The van der Waals surface area contributed by atoms with Crippen LogP contribution in [-0.2, 0) is 6.42 Å². The summed E-state index contributed by atoms with van der Waals surface area (Å²) < 4.78 is 5.78. The Hall–Kier alpha value is -1.06. The zero-order valence-corrected chi connectivity index (χ0v) is 9.65. The first kappa shape index (κ1) is 11.4. The molecule has 0 amide bonds. The third-order valence-electron chi connectivity index (χ3n) is 2.94. The van der Waals surface area contributed by atoms with Crippen molar-refractivity contribution in [3.05, 3.63) is 29.8 Å². The highest BCUT2D eigenvalue weighted by Gasteiger charge is 2.21. The standard InChI is InChI=1S/C13H19NO2/c1-2-11(15)8-14-9-12-7-10-5-3-4-6-13(10)16-12/h3-6,11-12,14-15H,2,7-9H2,1H3. The molecule has 0 saturated carbocycles. The second-order valence-electron chi connectivity index (χ2n) is 4.27. The van der Waals surface area contributed by atoms with Crippen molar-refractivity contribution in [2.75, 3.05) is 13.1 Å². The lowest BCUT2D eigenvalue weighted by Gasteiger charge is -2.13. The molecule has 2 rings (SSSR count). The number of benzene rings is 1. The van der Waals surface area contributed by atoms with E-state index in [9.17, 15) is 5.11 Å². The van der Waals surface area contributed by atoms with E-state index < -0.39 is 0 Å². The van der Waals surface area contributed by atoms with Gasteiger partial charge in [-0.2, -0.15) is 0 Å². The minimum absolute atomic E-state index is 0.210. The van der Waals surface area contributed by atoms with Crippen molar-refractivity contribution in [3.8, 4) is 5.75 Å². The SMILES string of the molecule is CCC(O)CNCC1Cc2ccccc2O1. The molecule has 0 bridgehead atoms. The zero-order chi connectivity index (χ0) is 11.4. The van der Waals surface area contributed by atoms with Gasteiger partial charge in [0.1, 0.15) is 11.9 Å². The Morgan fingerprint density at radius 2 is 2.31 bits per heavy atom. The van der Waals surface area contributed by atoms with Gasteiger partial charge in [-0.1, -0.05) is 25.1 Å². The monoisotopic (exact) mass is 221 g/mol. The van der Waals surface area contributed by atoms with Crippen molar-refractivity contribution < 1.29 is 9.84 Å². The quantitative estimate of drug-likeness (QED) is 0.788. The number of hydrogen-bond acceptors (Lipinski definition) is 3. The first-order valence-corrected chi connectivity index (χ1v) is 5.93. The predicted octanol–water partition coefficient (Wildman–Crippen LogP) is 1.35. The summed E-state index contributed by atoms with van der Waals surface area (Å²) in [7, 11) is 0. The molecule has 2 atom stereocenters. The Kier molecular flexibility index (Phi) is 3.80. The third kappa shape index (κ3) is 2.74. The van der Waals surface area contributed by atoms with Gasteiger partial charge in [0, 0.05) is 19.5 Å². The number of para-hydroxylation sites is 1. The molecule has 1 aromatic rings. The van der Waals surface area contributed by atoms with E-state index in [1.807, 2.05) is 25.1 Å². The first-order chi connectivity index (χ1) is 7.79. The lowest BCUT2D eigenvalue weighted by Crippen LogP contribution is -2.34. The van der Waals surface area contributed by atoms with E-state index in [1.54, 1.807) is 0 Å². The highest BCUT2D eigenvalue weighted by atomic mass is 16.5. The number of aliphatic hydroxyl groups is 1. The summed E-state index contributed by atoms with van der Waals surface area (Å²) in [6, 6.07) is 8.15. The van der Waals surface area contributed by atoms with Crippen LogP contribution in [0.3, 0.4) is 0 Å². The van der Waals surface area contributed by atoms with Crippen LogP contribution in [0.25, 0.3) is 0 Å². The normalized spacial score (nSPS) is 20.2. The maximum atomic E-state index is 9.40. The lowest BCUT2D eigenvalue weighted by molar-refractivity contribution is 0.158. The van der Waals surface area contributed by atoms with Crippen LogP contribution in [0.4, 0.5) is 0 Å². The second kappa shape index (κ2) is 5.32. The van der Waals surface area contributed by atoms with Gasteiger partial charge >= 0.3 is 0 Å². The maximum Gasteiger partial charge on any atom is 0.123 e. The molecule has 88 valence electrons. The number of fused-ring (bicyclic) bond motifs is 1. The number of hydrogen-bond donors (Lipinski definition) is 2. The summed E-state index contributed by atoms with van der Waals surface area (Å²) in [6.45, 7) is 3.42. The van der Waals surface area contributed by atoms with Gasteiger partial charge in [0.25, 0.3) is 0 Å². The van der Waals surface area contributed by atoms with Gasteiger partial charge < -0.3 is 15.2 Å². The highest BCUT2D eigenvalue weighted by molar-refractivity contribution is 5.37. The highest BCUT2D eigenvalue weighted by Crippen LogP contribution is 2.27. The van der Waals surface area contributed by atoms with Gasteiger partial charge in [-0.05, 0) is 18.1 Å². The molecule has 3 heteroatoms. The van der Waals surface area contributed by atoms with Crippen molar-refractivity contribution >= 4 is 0 Å². The third-order valence-corrected chi connectivity index (χ3v) is 2.94. The van der Waals surface area contributed by atoms with Gasteiger partial charge in [0.05, 0.1) is 6.10 Å². The van der Waals surface area contributed by atoms with E-state index in [4.69, 9.17) is 4.74 Å².